The predicted octanol–water partition coefficient (Wildman–Crippen LogP) is 3.64. The van der Waals surface area contributed by atoms with Gasteiger partial charge in [-0.05, 0) is 43.2 Å². The molecule has 1 fully saturated rings. The number of nitrogens with one attached hydrogen (secondary N) is 1. The summed E-state index contributed by atoms with van der Waals surface area (Å²) in [6.07, 6.45) is 1.38. The highest BCUT2D eigenvalue weighted by Crippen LogP contribution is 2.37. The number of aliphatic hydroxyl groups excluding tert-OH is 1. The predicted molar refractivity (Wildman–Crippen MR) is 110 cm³/mol. The first-order valence-corrected chi connectivity index (χ1v) is 11.2. The standard InChI is InChI=1S/C21H23N3O2S/c25-16-8-10-24(14-16)21-7-6-17(27(26)11-3-9-22-27)13-18(21)20-12-15-4-1-2-5-19(15)23-20/h1-2,4-7,12-13,16,23,25H,3,8-11,14H2/t16-,27-/m0/s1. The van der Waals surface area contributed by atoms with Crippen molar-refractivity contribution in [2.24, 2.45) is 4.36 Å². The molecule has 0 spiro atoms. The summed E-state index contributed by atoms with van der Waals surface area (Å²) in [5.74, 6) is 0.640. The topological polar surface area (TPSA) is 68.7 Å². The van der Waals surface area contributed by atoms with E-state index < -0.39 is 9.73 Å². The molecule has 27 heavy (non-hydrogen) atoms. The highest BCUT2D eigenvalue weighted by molar-refractivity contribution is 7.93. The number of anilines is 1. The van der Waals surface area contributed by atoms with Crippen LogP contribution in [0.2, 0.25) is 0 Å². The van der Waals surface area contributed by atoms with Crippen LogP contribution in [0.25, 0.3) is 22.2 Å². The van der Waals surface area contributed by atoms with E-state index in [4.69, 9.17) is 0 Å². The van der Waals surface area contributed by atoms with Gasteiger partial charge in [0.1, 0.15) is 0 Å². The van der Waals surface area contributed by atoms with Crippen LogP contribution < -0.4 is 4.90 Å². The third kappa shape index (κ3) is 2.93. The molecule has 0 bridgehead atoms. The van der Waals surface area contributed by atoms with E-state index in [0.29, 0.717) is 18.8 Å². The van der Waals surface area contributed by atoms with Crippen molar-refractivity contribution in [2.75, 3.05) is 30.3 Å². The van der Waals surface area contributed by atoms with Gasteiger partial charge >= 0.3 is 0 Å². The minimum absolute atomic E-state index is 0.290. The summed E-state index contributed by atoms with van der Waals surface area (Å²) in [6.45, 7) is 2.14. The molecule has 0 radical (unpaired) electrons. The lowest BCUT2D eigenvalue weighted by atomic mass is 10.1. The number of H-pyrrole nitrogens is 1. The number of β-amino-alcohol motifs (C(OH)–C–C–N with tert-alkyl or cyclic N) is 1. The number of benzene rings is 2. The van der Waals surface area contributed by atoms with Crippen LogP contribution in [0.1, 0.15) is 12.8 Å². The minimum Gasteiger partial charge on any atom is -0.391 e. The normalized spacial score (nSPS) is 25.2. The number of hydrogen-bond donors (Lipinski definition) is 2. The average molecular weight is 382 g/mol. The minimum atomic E-state index is -2.30. The van der Waals surface area contributed by atoms with E-state index in [2.05, 4.69) is 38.5 Å². The molecule has 2 atom stereocenters. The van der Waals surface area contributed by atoms with Gasteiger partial charge in [-0.2, -0.15) is 0 Å². The summed E-state index contributed by atoms with van der Waals surface area (Å²) >= 11 is 0. The highest BCUT2D eigenvalue weighted by Gasteiger charge is 2.25. The molecule has 2 aromatic carbocycles. The molecule has 5 rings (SSSR count). The molecule has 0 unspecified atom stereocenters. The van der Waals surface area contributed by atoms with E-state index >= 15 is 0 Å². The Hall–Kier alpha value is -2.31. The smallest absolute Gasteiger partial charge is 0.0753 e. The molecular weight excluding hydrogens is 358 g/mol. The molecular formula is C21H23N3O2S. The van der Waals surface area contributed by atoms with Crippen molar-refractivity contribution in [3.8, 4) is 11.3 Å². The fraction of sp³-hybridized carbons (Fsp3) is 0.333. The molecule has 140 valence electrons. The van der Waals surface area contributed by atoms with Gasteiger partial charge in [-0.3, -0.25) is 0 Å². The summed E-state index contributed by atoms with van der Waals surface area (Å²) in [6, 6.07) is 16.4. The second-order valence-electron chi connectivity index (χ2n) is 7.39. The molecule has 2 aliphatic rings. The maximum absolute atomic E-state index is 13.2. The van der Waals surface area contributed by atoms with Crippen LogP contribution in [-0.2, 0) is 9.73 Å². The first-order chi connectivity index (χ1) is 13.1. The molecule has 0 amide bonds. The van der Waals surface area contributed by atoms with Crippen LogP contribution in [-0.4, -0.2) is 45.8 Å². The summed E-state index contributed by atoms with van der Waals surface area (Å²) in [5.41, 5.74) is 4.20. The number of aromatic amines is 1. The quantitative estimate of drug-likeness (QED) is 0.728. The van der Waals surface area contributed by atoms with Crippen molar-refractivity contribution in [1.82, 2.24) is 4.98 Å². The Balaban J connectivity index is 1.68. The molecule has 5 nitrogen and oxygen atoms in total. The lowest BCUT2D eigenvalue weighted by Gasteiger charge is -2.22. The van der Waals surface area contributed by atoms with E-state index in [1.54, 1.807) is 0 Å². The number of fused-ring (bicyclic) bond motifs is 1. The average Bonchev–Trinajstić information content (AvgIpc) is 3.41. The van der Waals surface area contributed by atoms with Gasteiger partial charge < -0.3 is 15.0 Å². The van der Waals surface area contributed by atoms with Crippen molar-refractivity contribution in [1.29, 1.82) is 0 Å². The highest BCUT2D eigenvalue weighted by atomic mass is 32.2. The Kier molecular flexibility index (Phi) is 3.98. The van der Waals surface area contributed by atoms with Crippen molar-refractivity contribution in [3.63, 3.8) is 0 Å². The maximum atomic E-state index is 13.2. The van der Waals surface area contributed by atoms with E-state index in [-0.39, 0.29) is 6.10 Å². The van der Waals surface area contributed by atoms with E-state index in [9.17, 15) is 9.32 Å². The summed E-state index contributed by atoms with van der Waals surface area (Å²) < 4.78 is 17.6. The second kappa shape index (κ2) is 6.39. The van der Waals surface area contributed by atoms with Gasteiger partial charge in [-0.1, -0.05) is 18.2 Å². The molecule has 0 aliphatic carbocycles. The monoisotopic (exact) mass is 381 g/mol. The first kappa shape index (κ1) is 16.8. The molecule has 1 saturated heterocycles. The molecule has 3 heterocycles. The van der Waals surface area contributed by atoms with Gasteiger partial charge in [0.2, 0.25) is 0 Å². The number of para-hydroxylation sites is 1. The maximum Gasteiger partial charge on any atom is 0.0753 e. The molecule has 1 aromatic heterocycles. The Morgan fingerprint density at radius 2 is 2.07 bits per heavy atom. The summed E-state index contributed by atoms with van der Waals surface area (Å²) in [7, 11) is -2.30. The van der Waals surface area contributed by atoms with Crippen molar-refractivity contribution < 1.29 is 9.32 Å². The second-order valence-corrected chi connectivity index (χ2v) is 9.81. The zero-order valence-corrected chi connectivity index (χ0v) is 15.9. The lowest BCUT2D eigenvalue weighted by Crippen LogP contribution is -2.22. The van der Waals surface area contributed by atoms with Crippen LogP contribution in [0.5, 0.6) is 0 Å². The van der Waals surface area contributed by atoms with E-state index in [1.807, 2.05) is 24.3 Å². The molecule has 2 aliphatic heterocycles. The number of rotatable bonds is 3. The Morgan fingerprint density at radius 3 is 2.81 bits per heavy atom. The van der Waals surface area contributed by atoms with Gasteiger partial charge in [-0.15, -0.1) is 0 Å². The Bertz CT molecular complexity index is 1090. The van der Waals surface area contributed by atoms with Crippen LogP contribution in [0.15, 0.2) is 57.8 Å². The lowest BCUT2D eigenvalue weighted by molar-refractivity contribution is 0.198. The van der Waals surface area contributed by atoms with Crippen LogP contribution >= 0.6 is 0 Å². The molecule has 0 saturated carbocycles. The number of aliphatic hydroxyl groups is 1. The fourth-order valence-electron chi connectivity index (χ4n) is 4.11. The molecule has 6 heteroatoms. The van der Waals surface area contributed by atoms with Gasteiger partial charge in [0.15, 0.2) is 0 Å². The van der Waals surface area contributed by atoms with Crippen molar-refractivity contribution >= 4 is 26.3 Å². The van der Waals surface area contributed by atoms with Crippen LogP contribution in [0.4, 0.5) is 5.69 Å². The zero-order chi connectivity index (χ0) is 18.4. The van der Waals surface area contributed by atoms with Gasteiger partial charge in [-0.25, -0.2) is 8.57 Å². The Labute approximate surface area is 159 Å². The SMILES string of the molecule is O=[S@@]1(c2ccc(N3CC[C@H](O)C3)c(-c3cc4ccccc4[nH]3)c2)=NCCC1. The van der Waals surface area contributed by atoms with Crippen molar-refractivity contribution in [2.45, 2.75) is 23.8 Å². The van der Waals surface area contributed by atoms with Gasteiger partial charge in [0, 0.05) is 58.1 Å². The summed E-state index contributed by atoms with van der Waals surface area (Å²) in [5, 5.41) is 11.1. The van der Waals surface area contributed by atoms with Crippen molar-refractivity contribution in [3.05, 3.63) is 48.5 Å². The van der Waals surface area contributed by atoms with Crippen LogP contribution in [0.3, 0.4) is 0 Å². The molecule has 2 N–H and O–H groups in total. The zero-order valence-electron chi connectivity index (χ0n) is 15.1. The number of nitrogens with zero attached hydrogens (tertiary/aromatic N) is 2. The largest absolute Gasteiger partial charge is 0.391 e. The van der Waals surface area contributed by atoms with E-state index in [1.165, 1.54) is 0 Å². The third-order valence-corrected chi connectivity index (χ3v) is 7.97. The van der Waals surface area contributed by atoms with Gasteiger partial charge in [0.05, 0.1) is 15.8 Å². The third-order valence-electron chi connectivity index (χ3n) is 5.54. The fourth-order valence-corrected chi connectivity index (χ4v) is 6.15. The summed E-state index contributed by atoms with van der Waals surface area (Å²) in [4.78, 5) is 6.54. The number of aromatic nitrogens is 1. The first-order valence-electron chi connectivity index (χ1n) is 9.48. The number of hydrogen-bond acceptors (Lipinski definition) is 4. The van der Waals surface area contributed by atoms with E-state index in [0.717, 1.165) is 52.1 Å². The van der Waals surface area contributed by atoms with Crippen LogP contribution in [0, 0.1) is 0 Å². The van der Waals surface area contributed by atoms with Gasteiger partial charge in [0.25, 0.3) is 0 Å². The Morgan fingerprint density at radius 1 is 1.19 bits per heavy atom. The molecule has 3 aromatic rings.